The van der Waals surface area contributed by atoms with Crippen LogP contribution in [0.2, 0.25) is 0 Å². The number of rotatable bonds is 42. The first-order valence-electron chi connectivity index (χ1n) is 22.4. The third kappa shape index (κ3) is 39.0. The molecule has 0 heterocycles. The molecule has 0 aromatic heterocycles. The van der Waals surface area contributed by atoms with E-state index in [4.69, 9.17) is 18.5 Å². The smallest absolute Gasteiger partial charge is 0.457 e. The van der Waals surface area contributed by atoms with Crippen molar-refractivity contribution in [1.29, 1.82) is 0 Å². The summed E-state index contributed by atoms with van der Waals surface area (Å²) in [5.74, 6) is -1.02. The lowest BCUT2D eigenvalue weighted by Gasteiger charge is -2.20. The number of phosphoric acid groups is 1. The van der Waals surface area contributed by atoms with E-state index in [2.05, 4.69) is 50.3 Å². The van der Waals surface area contributed by atoms with Crippen molar-refractivity contribution in [3.05, 3.63) is 36.5 Å². The Labute approximate surface area is 341 Å². The van der Waals surface area contributed by atoms with Gasteiger partial charge in [-0.2, -0.15) is 0 Å². The van der Waals surface area contributed by atoms with Gasteiger partial charge in [-0.15, -0.1) is 0 Å². The normalized spacial score (nSPS) is 14.2. The molecule has 0 aromatic rings. The van der Waals surface area contributed by atoms with Gasteiger partial charge in [0.05, 0.1) is 26.4 Å². The Hall–Kier alpha value is -1.81. The van der Waals surface area contributed by atoms with Gasteiger partial charge in [-0.25, -0.2) is 4.57 Å². The van der Waals surface area contributed by atoms with E-state index in [-0.39, 0.29) is 12.8 Å². The standard InChI is InChI=1S/C45H83O10P/c1-3-5-7-9-11-13-15-17-19-21-23-25-27-29-31-33-35-37-45(49)55-43(39-47)41-53-56(50,51)52-40-42(38-46)54-44(48)36-34-32-30-28-26-24-22-20-18-16-14-12-10-8-6-4-2/h5,7,11,13,17,19,42-43,46-47H,3-4,6,8-10,12,14-16,18,20-41H2,1-2H3,(H,50,51)/b7-5-,13-11-,19-17-. The maximum atomic E-state index is 12.4. The lowest BCUT2D eigenvalue weighted by Crippen LogP contribution is -2.28. The molecule has 3 N–H and O–H groups in total. The molecule has 0 aliphatic heterocycles. The molecule has 0 radical (unpaired) electrons. The molecule has 3 atom stereocenters. The number of aliphatic hydroxyl groups excluding tert-OH is 2. The van der Waals surface area contributed by atoms with E-state index in [0.717, 1.165) is 70.6 Å². The van der Waals surface area contributed by atoms with Crippen molar-refractivity contribution in [3.8, 4) is 0 Å². The SMILES string of the molecule is CC/C=C\C/C=C\C/C=C\CCCCCCCCCC(=O)OC(CO)COP(=O)(O)OCC(CO)OC(=O)CCCCCCCCCCCCCCCCCC. The second-order valence-electron chi connectivity index (χ2n) is 15.0. The number of hydrogen-bond donors (Lipinski definition) is 3. The first-order valence-corrected chi connectivity index (χ1v) is 23.9. The summed E-state index contributed by atoms with van der Waals surface area (Å²) in [6, 6.07) is 0. The van der Waals surface area contributed by atoms with Crippen LogP contribution in [0.25, 0.3) is 0 Å². The van der Waals surface area contributed by atoms with Crippen molar-refractivity contribution in [3.63, 3.8) is 0 Å². The molecule has 0 bridgehead atoms. The molecule has 0 aliphatic rings. The van der Waals surface area contributed by atoms with E-state index in [1.165, 1.54) is 89.9 Å². The monoisotopic (exact) mass is 815 g/mol. The zero-order valence-corrected chi connectivity index (χ0v) is 36.5. The zero-order valence-electron chi connectivity index (χ0n) is 35.6. The Bertz CT molecular complexity index is 1030. The summed E-state index contributed by atoms with van der Waals surface area (Å²) < 4.78 is 32.6. The van der Waals surface area contributed by atoms with Gasteiger partial charge in [0, 0.05) is 12.8 Å². The van der Waals surface area contributed by atoms with Gasteiger partial charge in [-0.05, 0) is 44.9 Å². The highest BCUT2D eigenvalue weighted by atomic mass is 31.2. The number of carbonyl (C=O) groups is 2. The fourth-order valence-electron chi connectivity index (χ4n) is 6.19. The van der Waals surface area contributed by atoms with Gasteiger partial charge in [0.1, 0.15) is 12.2 Å². The molecule has 10 nitrogen and oxygen atoms in total. The fraction of sp³-hybridized carbons (Fsp3) is 0.822. The summed E-state index contributed by atoms with van der Waals surface area (Å²) in [4.78, 5) is 34.5. The Morgan fingerprint density at radius 3 is 1.21 bits per heavy atom. The number of allylic oxidation sites excluding steroid dienone is 6. The number of ether oxygens (including phenoxy) is 2. The summed E-state index contributed by atoms with van der Waals surface area (Å²) in [7, 11) is -4.64. The second-order valence-corrected chi connectivity index (χ2v) is 16.5. The van der Waals surface area contributed by atoms with Crippen LogP contribution in [0.1, 0.15) is 200 Å². The second kappa shape index (κ2) is 41.4. The number of esters is 2. The Morgan fingerprint density at radius 1 is 0.500 bits per heavy atom. The molecule has 0 saturated carbocycles. The van der Waals surface area contributed by atoms with Crippen molar-refractivity contribution in [2.24, 2.45) is 0 Å². The molecule has 0 rings (SSSR count). The highest BCUT2D eigenvalue weighted by Gasteiger charge is 2.27. The van der Waals surface area contributed by atoms with Gasteiger partial charge in [-0.1, -0.05) is 179 Å². The Kier molecular flexibility index (Phi) is 40.0. The van der Waals surface area contributed by atoms with E-state index in [9.17, 15) is 29.3 Å². The Morgan fingerprint density at radius 2 is 0.839 bits per heavy atom. The molecule has 0 fully saturated rings. The van der Waals surface area contributed by atoms with Crippen molar-refractivity contribution in [1.82, 2.24) is 0 Å². The molecule has 0 saturated heterocycles. The third-order valence-corrected chi connectivity index (χ3v) is 10.6. The lowest BCUT2D eigenvalue weighted by molar-refractivity contribution is -0.153. The summed E-state index contributed by atoms with van der Waals surface area (Å²) in [6.07, 6.45) is 42.5. The average Bonchev–Trinajstić information content (AvgIpc) is 3.19. The van der Waals surface area contributed by atoms with E-state index in [1.54, 1.807) is 0 Å². The topological polar surface area (TPSA) is 149 Å². The van der Waals surface area contributed by atoms with Crippen molar-refractivity contribution < 1.29 is 47.8 Å². The van der Waals surface area contributed by atoms with E-state index in [1.807, 2.05) is 0 Å². The number of aliphatic hydroxyl groups is 2. The largest absolute Gasteiger partial charge is 0.472 e. The van der Waals surface area contributed by atoms with Crippen LogP contribution in [-0.2, 0) is 32.7 Å². The quantitative estimate of drug-likeness (QED) is 0.0235. The first-order chi connectivity index (χ1) is 27.3. The molecule has 0 aromatic carbocycles. The molecular weight excluding hydrogens is 731 g/mol. The molecule has 0 aliphatic carbocycles. The first kappa shape index (κ1) is 54.2. The zero-order chi connectivity index (χ0) is 41.2. The average molecular weight is 815 g/mol. The Balaban J connectivity index is 3.90. The summed E-state index contributed by atoms with van der Waals surface area (Å²) >= 11 is 0. The van der Waals surface area contributed by atoms with Crippen LogP contribution in [0.4, 0.5) is 0 Å². The summed E-state index contributed by atoms with van der Waals surface area (Å²) in [5, 5.41) is 19.2. The van der Waals surface area contributed by atoms with Gasteiger partial charge in [0.2, 0.25) is 0 Å². The molecular formula is C45H83O10P. The molecule has 0 spiro atoms. The predicted octanol–water partition coefficient (Wildman–Crippen LogP) is 11.9. The predicted molar refractivity (Wildman–Crippen MR) is 228 cm³/mol. The summed E-state index contributed by atoms with van der Waals surface area (Å²) in [6.45, 7) is 2.11. The van der Waals surface area contributed by atoms with Crippen LogP contribution < -0.4 is 0 Å². The number of unbranched alkanes of at least 4 members (excludes halogenated alkanes) is 22. The minimum atomic E-state index is -4.64. The highest BCUT2D eigenvalue weighted by Crippen LogP contribution is 2.43. The van der Waals surface area contributed by atoms with E-state index < -0.39 is 58.4 Å². The van der Waals surface area contributed by atoms with Gasteiger partial charge < -0.3 is 24.6 Å². The molecule has 3 unspecified atom stereocenters. The lowest BCUT2D eigenvalue weighted by atomic mass is 10.0. The number of hydrogen-bond acceptors (Lipinski definition) is 9. The van der Waals surface area contributed by atoms with Crippen LogP contribution in [0, 0.1) is 0 Å². The highest BCUT2D eigenvalue weighted by molar-refractivity contribution is 7.47. The van der Waals surface area contributed by atoms with Gasteiger partial charge >= 0.3 is 19.8 Å². The molecule has 56 heavy (non-hydrogen) atoms. The van der Waals surface area contributed by atoms with Crippen LogP contribution in [-0.4, -0.2) is 65.7 Å². The summed E-state index contributed by atoms with van der Waals surface area (Å²) in [5.41, 5.74) is 0. The number of phosphoric ester groups is 1. The molecule has 328 valence electrons. The minimum Gasteiger partial charge on any atom is -0.457 e. The van der Waals surface area contributed by atoms with E-state index in [0.29, 0.717) is 12.8 Å². The fourth-order valence-corrected chi connectivity index (χ4v) is 6.97. The van der Waals surface area contributed by atoms with Crippen molar-refractivity contribution >= 4 is 19.8 Å². The third-order valence-electron chi connectivity index (χ3n) is 9.62. The molecule has 0 amide bonds. The van der Waals surface area contributed by atoms with Gasteiger partial charge in [0.15, 0.2) is 0 Å². The van der Waals surface area contributed by atoms with Crippen molar-refractivity contribution in [2.75, 3.05) is 26.4 Å². The van der Waals surface area contributed by atoms with Crippen molar-refractivity contribution in [2.45, 2.75) is 212 Å². The maximum Gasteiger partial charge on any atom is 0.472 e. The maximum absolute atomic E-state index is 12.4. The van der Waals surface area contributed by atoms with Crippen LogP contribution in [0.15, 0.2) is 36.5 Å². The number of carbonyl (C=O) groups excluding carboxylic acids is 2. The van der Waals surface area contributed by atoms with Crippen LogP contribution >= 0.6 is 7.82 Å². The van der Waals surface area contributed by atoms with Gasteiger partial charge in [-0.3, -0.25) is 18.6 Å². The molecule has 11 heteroatoms. The van der Waals surface area contributed by atoms with Crippen LogP contribution in [0.3, 0.4) is 0 Å². The van der Waals surface area contributed by atoms with Gasteiger partial charge in [0.25, 0.3) is 0 Å². The van der Waals surface area contributed by atoms with Crippen LogP contribution in [0.5, 0.6) is 0 Å². The minimum absolute atomic E-state index is 0.181. The van der Waals surface area contributed by atoms with E-state index >= 15 is 0 Å².